The molecule has 0 aromatic heterocycles. The first kappa shape index (κ1) is 14.7. The molecule has 0 amide bonds. The van der Waals surface area contributed by atoms with E-state index in [-0.39, 0.29) is 5.04 Å². The van der Waals surface area contributed by atoms with Crippen LogP contribution in [-0.2, 0) is 4.79 Å². The Morgan fingerprint density at radius 2 is 1.72 bits per heavy atom. The summed E-state index contributed by atoms with van der Waals surface area (Å²) in [6.07, 6.45) is 4.82. The molecule has 18 heavy (non-hydrogen) atoms. The maximum Gasteiger partial charge on any atom is 0.250 e. The summed E-state index contributed by atoms with van der Waals surface area (Å²) in [4.78, 5) is 10.1. The first-order valence-corrected chi connectivity index (χ1v) is 9.00. The molecule has 0 spiro atoms. The summed E-state index contributed by atoms with van der Waals surface area (Å²) < 4.78 is 6.16. The van der Waals surface area contributed by atoms with E-state index in [9.17, 15) is 4.79 Å². The Hall–Kier alpha value is -1.35. The molecule has 97 valence electrons. The van der Waals surface area contributed by atoms with Crippen molar-refractivity contribution in [2.75, 3.05) is 0 Å². The van der Waals surface area contributed by atoms with E-state index < -0.39 is 8.32 Å². The minimum atomic E-state index is -1.77. The summed E-state index contributed by atoms with van der Waals surface area (Å²) in [6.45, 7) is 11.1. The lowest BCUT2D eigenvalue weighted by Gasteiger charge is -2.36. The summed E-state index contributed by atoms with van der Waals surface area (Å²) in [5.41, 5.74) is 0.973. The highest BCUT2D eigenvalue weighted by atomic mass is 28.4. The van der Waals surface area contributed by atoms with E-state index in [2.05, 4.69) is 33.9 Å². The largest absolute Gasteiger partial charge is 0.544 e. The van der Waals surface area contributed by atoms with E-state index in [1.54, 1.807) is 12.4 Å². The van der Waals surface area contributed by atoms with Crippen molar-refractivity contribution in [2.24, 2.45) is 0 Å². The third-order valence-electron chi connectivity index (χ3n) is 3.40. The van der Waals surface area contributed by atoms with Gasteiger partial charge in [-0.2, -0.15) is 0 Å². The van der Waals surface area contributed by atoms with Gasteiger partial charge in [0.1, 0.15) is 5.75 Å². The molecule has 3 heteroatoms. The van der Waals surface area contributed by atoms with Gasteiger partial charge in [0.2, 0.25) is 14.6 Å². The molecule has 1 aromatic carbocycles. The minimum absolute atomic E-state index is 0.193. The topological polar surface area (TPSA) is 26.3 Å². The molecule has 0 N–H and O–H groups in total. The first-order valence-electron chi connectivity index (χ1n) is 6.09. The highest BCUT2D eigenvalue weighted by molar-refractivity contribution is 6.74. The zero-order chi connectivity index (χ0) is 13.8. The van der Waals surface area contributed by atoms with Crippen LogP contribution < -0.4 is 4.43 Å². The molecule has 0 bridgehead atoms. The highest BCUT2D eigenvalue weighted by Crippen LogP contribution is 2.37. The highest BCUT2D eigenvalue weighted by Gasteiger charge is 2.38. The van der Waals surface area contributed by atoms with Crippen LogP contribution in [0.3, 0.4) is 0 Å². The second kappa shape index (κ2) is 5.53. The zero-order valence-electron chi connectivity index (χ0n) is 11.8. The number of allylic oxidation sites excluding steroid dienone is 1. The predicted octanol–water partition coefficient (Wildman–Crippen LogP) is 4.19. The Morgan fingerprint density at radius 3 is 2.17 bits per heavy atom. The third-order valence-corrected chi connectivity index (χ3v) is 7.76. The van der Waals surface area contributed by atoms with Crippen LogP contribution in [0.1, 0.15) is 26.3 Å². The van der Waals surface area contributed by atoms with Gasteiger partial charge in [-0.15, -0.1) is 0 Å². The second-order valence-electron chi connectivity index (χ2n) is 5.88. The number of hydrogen-bond acceptors (Lipinski definition) is 2. The summed E-state index contributed by atoms with van der Waals surface area (Å²) in [7, 11) is -1.77. The van der Waals surface area contributed by atoms with Gasteiger partial charge in [-0.25, -0.2) is 0 Å². The maximum absolute atomic E-state index is 10.1. The lowest BCUT2D eigenvalue weighted by molar-refractivity contribution is 0.492. The number of carbonyl (C=O) groups excluding carboxylic acids is 1. The van der Waals surface area contributed by atoms with Crippen molar-refractivity contribution in [2.45, 2.75) is 38.9 Å². The average molecular weight is 261 g/mol. The maximum atomic E-state index is 10.1. The van der Waals surface area contributed by atoms with Crippen molar-refractivity contribution < 1.29 is 9.22 Å². The molecule has 0 saturated heterocycles. The SMILES string of the molecule is CC(C)(C)[Si](C)(C)Oc1ccc(C=C[C]=O)cc1. The Bertz CT molecular complexity index is 425. The molecule has 0 unspecified atom stereocenters. The van der Waals surface area contributed by atoms with Crippen molar-refractivity contribution in [3.8, 4) is 5.75 Å². The molecule has 0 aliphatic heterocycles. The van der Waals surface area contributed by atoms with Crippen LogP contribution in [0.2, 0.25) is 18.1 Å². The Balaban J connectivity index is 2.81. The molecule has 1 rings (SSSR count). The lowest BCUT2D eigenvalue weighted by Crippen LogP contribution is -2.43. The van der Waals surface area contributed by atoms with Gasteiger partial charge in [-0.3, -0.25) is 4.79 Å². The fourth-order valence-electron chi connectivity index (χ4n) is 1.22. The molecule has 0 fully saturated rings. The third kappa shape index (κ3) is 3.84. The molecular weight excluding hydrogens is 240 g/mol. The van der Waals surface area contributed by atoms with Crippen molar-refractivity contribution in [1.29, 1.82) is 0 Å². The van der Waals surface area contributed by atoms with E-state index in [1.807, 2.05) is 24.3 Å². The summed E-state index contributed by atoms with van der Waals surface area (Å²) in [6, 6.07) is 7.78. The number of benzene rings is 1. The Kier molecular flexibility index (Phi) is 4.51. The van der Waals surface area contributed by atoms with Gasteiger partial charge in [0.15, 0.2) is 0 Å². The van der Waals surface area contributed by atoms with Crippen LogP contribution in [0, 0.1) is 0 Å². The smallest absolute Gasteiger partial charge is 0.250 e. The lowest BCUT2D eigenvalue weighted by atomic mass is 10.2. The van der Waals surface area contributed by atoms with Crippen LogP contribution in [-0.4, -0.2) is 14.6 Å². The van der Waals surface area contributed by atoms with E-state index >= 15 is 0 Å². The van der Waals surface area contributed by atoms with Gasteiger partial charge < -0.3 is 4.43 Å². The standard InChI is InChI=1S/C15H21O2Si/c1-15(2,3)18(4,5)17-14-10-8-13(9-11-14)7-6-12-16/h6-11H,1-5H3. The summed E-state index contributed by atoms with van der Waals surface area (Å²) in [5.74, 6) is 0.897. The van der Waals surface area contributed by atoms with Gasteiger partial charge in [-0.1, -0.05) is 39.0 Å². The summed E-state index contributed by atoms with van der Waals surface area (Å²) >= 11 is 0. The van der Waals surface area contributed by atoms with E-state index in [4.69, 9.17) is 4.43 Å². The Labute approximate surface area is 111 Å². The van der Waals surface area contributed by atoms with Crippen LogP contribution >= 0.6 is 0 Å². The second-order valence-corrected chi connectivity index (χ2v) is 10.6. The number of hydrogen-bond donors (Lipinski definition) is 0. The number of rotatable bonds is 4. The molecule has 0 heterocycles. The van der Waals surface area contributed by atoms with E-state index in [1.165, 1.54) is 6.08 Å². The van der Waals surface area contributed by atoms with Gasteiger partial charge in [-0.05, 0) is 41.9 Å². The summed E-state index contributed by atoms with van der Waals surface area (Å²) in [5, 5.41) is 0.193. The average Bonchev–Trinajstić information content (AvgIpc) is 2.26. The molecule has 1 radical (unpaired) electrons. The van der Waals surface area contributed by atoms with Crippen LogP contribution in [0.5, 0.6) is 5.75 Å². The molecule has 0 saturated carbocycles. The van der Waals surface area contributed by atoms with Crippen LogP contribution in [0.15, 0.2) is 30.3 Å². The van der Waals surface area contributed by atoms with Crippen molar-refractivity contribution >= 4 is 20.7 Å². The normalized spacial score (nSPS) is 12.7. The quantitative estimate of drug-likeness (QED) is 0.600. The minimum Gasteiger partial charge on any atom is -0.544 e. The van der Waals surface area contributed by atoms with Crippen molar-refractivity contribution in [1.82, 2.24) is 0 Å². The van der Waals surface area contributed by atoms with Gasteiger partial charge in [0.25, 0.3) is 0 Å². The van der Waals surface area contributed by atoms with E-state index in [0.29, 0.717) is 0 Å². The molecular formula is C15H21O2Si. The fourth-order valence-corrected chi connectivity index (χ4v) is 2.26. The van der Waals surface area contributed by atoms with Gasteiger partial charge >= 0.3 is 0 Å². The molecule has 0 aliphatic rings. The van der Waals surface area contributed by atoms with Crippen LogP contribution in [0.25, 0.3) is 6.08 Å². The van der Waals surface area contributed by atoms with Crippen molar-refractivity contribution in [3.63, 3.8) is 0 Å². The van der Waals surface area contributed by atoms with Crippen molar-refractivity contribution in [3.05, 3.63) is 35.9 Å². The first-order chi connectivity index (χ1) is 8.26. The van der Waals surface area contributed by atoms with Gasteiger partial charge in [0, 0.05) is 0 Å². The molecule has 2 nitrogen and oxygen atoms in total. The monoisotopic (exact) mass is 261 g/mol. The Morgan fingerprint density at radius 1 is 1.17 bits per heavy atom. The van der Waals surface area contributed by atoms with Crippen LogP contribution in [0.4, 0.5) is 0 Å². The zero-order valence-corrected chi connectivity index (χ0v) is 12.8. The van der Waals surface area contributed by atoms with E-state index in [0.717, 1.165) is 11.3 Å². The predicted molar refractivity (Wildman–Crippen MR) is 79.0 cm³/mol. The molecule has 1 aromatic rings. The van der Waals surface area contributed by atoms with Gasteiger partial charge in [0.05, 0.1) is 0 Å². The molecule has 0 aliphatic carbocycles. The molecule has 0 atom stereocenters. The fraction of sp³-hybridized carbons (Fsp3) is 0.400.